The maximum Gasteiger partial charge on any atom is 0.264 e. The fraction of sp³-hybridized carbons (Fsp3) is 0. The second-order valence-electron chi connectivity index (χ2n) is 3.74. The van der Waals surface area contributed by atoms with Gasteiger partial charge in [-0.3, -0.25) is 4.72 Å². The van der Waals surface area contributed by atoms with Gasteiger partial charge in [-0.15, -0.1) is 0 Å². The Labute approximate surface area is 108 Å². The maximum absolute atomic E-state index is 13.4. The van der Waals surface area contributed by atoms with E-state index in [0.717, 1.165) is 18.2 Å². The van der Waals surface area contributed by atoms with Gasteiger partial charge in [-0.05, 0) is 24.3 Å². The molecule has 2 aromatic rings. The van der Waals surface area contributed by atoms with Gasteiger partial charge in [0, 0.05) is 0 Å². The molecule has 2 rings (SSSR count). The standard InChI is InChI=1S/C12H10F2N2O2S/c13-8-4-3-5-9(14)12(8)16-19(17,18)11-7-2-1-6-10(11)15/h1-7,16H,15H2. The molecule has 3 N–H and O–H groups in total. The summed E-state index contributed by atoms with van der Waals surface area (Å²) in [6, 6.07) is 8.69. The molecule has 0 unspecified atom stereocenters. The average molecular weight is 284 g/mol. The highest BCUT2D eigenvalue weighted by molar-refractivity contribution is 7.92. The molecule has 0 atom stereocenters. The molecule has 0 radical (unpaired) electrons. The van der Waals surface area contributed by atoms with Gasteiger partial charge < -0.3 is 5.73 Å². The summed E-state index contributed by atoms with van der Waals surface area (Å²) in [6.07, 6.45) is 0. The van der Waals surface area contributed by atoms with E-state index >= 15 is 0 Å². The fourth-order valence-electron chi connectivity index (χ4n) is 1.51. The molecule has 0 saturated heterocycles. The molecule has 0 saturated carbocycles. The number of rotatable bonds is 3. The number of anilines is 2. The van der Waals surface area contributed by atoms with Crippen LogP contribution in [0.5, 0.6) is 0 Å². The summed E-state index contributed by atoms with van der Waals surface area (Å²) >= 11 is 0. The van der Waals surface area contributed by atoms with Crippen molar-refractivity contribution >= 4 is 21.4 Å². The topological polar surface area (TPSA) is 72.2 Å². The lowest BCUT2D eigenvalue weighted by Crippen LogP contribution is -2.16. The van der Waals surface area contributed by atoms with Crippen molar-refractivity contribution in [2.45, 2.75) is 4.90 Å². The second kappa shape index (κ2) is 4.85. The Hall–Kier alpha value is -2.15. The minimum atomic E-state index is -4.14. The molecule has 2 aromatic carbocycles. The van der Waals surface area contributed by atoms with Crippen LogP contribution in [0.15, 0.2) is 47.4 Å². The molecule has 0 aliphatic rings. The molecular formula is C12H10F2N2O2S. The van der Waals surface area contributed by atoms with Crippen molar-refractivity contribution in [3.05, 3.63) is 54.1 Å². The van der Waals surface area contributed by atoms with Crippen molar-refractivity contribution < 1.29 is 17.2 Å². The number of nitrogens with two attached hydrogens (primary N) is 1. The van der Waals surface area contributed by atoms with Crippen LogP contribution in [0.25, 0.3) is 0 Å². The summed E-state index contributed by atoms with van der Waals surface area (Å²) in [5.41, 5.74) is 4.79. The molecule has 4 nitrogen and oxygen atoms in total. The monoisotopic (exact) mass is 284 g/mol. The molecule has 100 valence electrons. The highest BCUT2D eigenvalue weighted by atomic mass is 32.2. The summed E-state index contributed by atoms with van der Waals surface area (Å²) in [6.45, 7) is 0. The minimum Gasteiger partial charge on any atom is -0.398 e. The number of hydrogen-bond acceptors (Lipinski definition) is 3. The van der Waals surface area contributed by atoms with E-state index in [1.54, 1.807) is 6.07 Å². The molecule has 0 spiro atoms. The van der Waals surface area contributed by atoms with Crippen LogP contribution in [0.3, 0.4) is 0 Å². The lowest BCUT2D eigenvalue weighted by molar-refractivity contribution is 0.583. The Bertz CT molecular complexity index is 697. The normalized spacial score (nSPS) is 11.3. The van der Waals surface area contributed by atoms with Gasteiger partial charge in [0.25, 0.3) is 10.0 Å². The molecule has 0 amide bonds. The third-order valence-electron chi connectivity index (χ3n) is 2.41. The van der Waals surface area contributed by atoms with Gasteiger partial charge in [0.15, 0.2) is 0 Å². The van der Waals surface area contributed by atoms with Gasteiger partial charge in [0.05, 0.1) is 5.69 Å². The zero-order valence-corrected chi connectivity index (χ0v) is 10.4. The molecule has 0 aliphatic carbocycles. The number of benzene rings is 2. The van der Waals surface area contributed by atoms with Gasteiger partial charge in [0.1, 0.15) is 22.2 Å². The summed E-state index contributed by atoms with van der Waals surface area (Å²) in [5.74, 6) is -2.00. The first-order valence-corrected chi connectivity index (χ1v) is 6.71. The number of hydrogen-bond donors (Lipinski definition) is 2. The van der Waals surface area contributed by atoms with Crippen LogP contribution < -0.4 is 10.5 Å². The maximum atomic E-state index is 13.4. The predicted octanol–water partition coefficient (Wildman–Crippen LogP) is 2.35. The van der Waals surface area contributed by atoms with Crippen LogP contribution in [0.4, 0.5) is 20.2 Å². The predicted molar refractivity (Wildman–Crippen MR) is 68.0 cm³/mol. The minimum absolute atomic E-state index is 0.00764. The van der Waals surface area contributed by atoms with Crippen molar-refractivity contribution in [1.29, 1.82) is 0 Å². The summed E-state index contributed by atoms with van der Waals surface area (Å²) in [4.78, 5) is -0.238. The van der Waals surface area contributed by atoms with Crippen molar-refractivity contribution in [3.8, 4) is 0 Å². The molecule has 19 heavy (non-hydrogen) atoms. The van der Waals surface area contributed by atoms with Crippen LogP contribution in [0, 0.1) is 11.6 Å². The van der Waals surface area contributed by atoms with E-state index < -0.39 is 27.3 Å². The molecular weight excluding hydrogens is 274 g/mol. The van der Waals surface area contributed by atoms with E-state index in [1.807, 2.05) is 4.72 Å². The van der Waals surface area contributed by atoms with Crippen molar-refractivity contribution in [1.82, 2.24) is 0 Å². The number of nitrogen functional groups attached to an aromatic ring is 1. The smallest absolute Gasteiger partial charge is 0.264 e. The second-order valence-corrected chi connectivity index (χ2v) is 5.39. The first-order valence-electron chi connectivity index (χ1n) is 5.23. The number of para-hydroxylation sites is 2. The van der Waals surface area contributed by atoms with E-state index in [0.29, 0.717) is 0 Å². The van der Waals surface area contributed by atoms with E-state index in [4.69, 9.17) is 5.73 Å². The lowest BCUT2D eigenvalue weighted by atomic mass is 10.3. The number of sulfonamides is 1. The van der Waals surface area contributed by atoms with Crippen LogP contribution in [0.2, 0.25) is 0 Å². The van der Waals surface area contributed by atoms with E-state index in [2.05, 4.69) is 0 Å². The molecule has 0 fully saturated rings. The molecule has 7 heteroatoms. The van der Waals surface area contributed by atoms with Gasteiger partial charge in [-0.2, -0.15) is 0 Å². The van der Waals surface area contributed by atoms with Crippen LogP contribution in [0.1, 0.15) is 0 Å². The third kappa shape index (κ3) is 2.65. The first-order chi connectivity index (χ1) is 8.92. The molecule has 0 aliphatic heterocycles. The SMILES string of the molecule is Nc1ccccc1S(=O)(=O)Nc1c(F)cccc1F. The Morgan fingerprint density at radius 1 is 0.947 bits per heavy atom. The first kappa shape index (κ1) is 13.3. The Morgan fingerprint density at radius 2 is 1.53 bits per heavy atom. The fourth-order valence-corrected chi connectivity index (χ4v) is 2.72. The summed E-state index contributed by atoms with van der Waals surface area (Å²) in [5, 5.41) is 0. The van der Waals surface area contributed by atoms with Gasteiger partial charge >= 0.3 is 0 Å². The molecule has 0 bridgehead atoms. The zero-order chi connectivity index (χ0) is 14.0. The summed E-state index contributed by atoms with van der Waals surface area (Å²) in [7, 11) is -4.14. The van der Waals surface area contributed by atoms with Crippen molar-refractivity contribution in [2.24, 2.45) is 0 Å². The van der Waals surface area contributed by atoms with E-state index in [1.165, 1.54) is 18.2 Å². The number of nitrogens with one attached hydrogen (secondary N) is 1. The Morgan fingerprint density at radius 3 is 2.11 bits per heavy atom. The molecule has 0 heterocycles. The Balaban J connectivity index is 2.46. The number of halogens is 2. The van der Waals surface area contributed by atoms with Crippen molar-refractivity contribution in [2.75, 3.05) is 10.5 Å². The quantitative estimate of drug-likeness (QED) is 0.850. The highest BCUT2D eigenvalue weighted by Crippen LogP contribution is 2.24. The van der Waals surface area contributed by atoms with E-state index in [9.17, 15) is 17.2 Å². The highest BCUT2D eigenvalue weighted by Gasteiger charge is 2.20. The molecule has 0 aromatic heterocycles. The van der Waals surface area contributed by atoms with E-state index in [-0.39, 0.29) is 10.6 Å². The van der Waals surface area contributed by atoms with Gasteiger partial charge in [-0.25, -0.2) is 17.2 Å². The van der Waals surface area contributed by atoms with Crippen LogP contribution >= 0.6 is 0 Å². The third-order valence-corrected chi connectivity index (χ3v) is 3.83. The lowest BCUT2D eigenvalue weighted by Gasteiger charge is -2.11. The summed E-state index contributed by atoms with van der Waals surface area (Å²) < 4.78 is 52.7. The van der Waals surface area contributed by atoms with Crippen molar-refractivity contribution in [3.63, 3.8) is 0 Å². The zero-order valence-electron chi connectivity index (χ0n) is 9.60. The largest absolute Gasteiger partial charge is 0.398 e. The van der Waals surface area contributed by atoms with Gasteiger partial charge in [-0.1, -0.05) is 18.2 Å². The van der Waals surface area contributed by atoms with Crippen LogP contribution in [-0.4, -0.2) is 8.42 Å². The van der Waals surface area contributed by atoms with Crippen LogP contribution in [-0.2, 0) is 10.0 Å². The average Bonchev–Trinajstić information content (AvgIpc) is 2.34. The Kier molecular flexibility index (Phi) is 3.39. The van der Waals surface area contributed by atoms with Gasteiger partial charge in [0.2, 0.25) is 0 Å².